The van der Waals surface area contributed by atoms with Crippen LogP contribution in [0.4, 0.5) is 10.5 Å². The second kappa shape index (κ2) is 4.31. The molecular formula is C11H14N2O2. The van der Waals surface area contributed by atoms with Gasteiger partial charge < -0.3 is 10.4 Å². The van der Waals surface area contributed by atoms with E-state index < -0.39 is 0 Å². The molecule has 80 valence electrons. The fraction of sp³-hybridized carbons (Fsp3) is 0.364. The molecule has 0 spiro atoms. The Kier molecular flexibility index (Phi) is 2.87. The summed E-state index contributed by atoms with van der Waals surface area (Å²) in [4.78, 5) is 13.3. The molecule has 15 heavy (non-hydrogen) atoms. The van der Waals surface area contributed by atoms with Crippen LogP contribution in [0.15, 0.2) is 24.3 Å². The van der Waals surface area contributed by atoms with Crippen molar-refractivity contribution in [3.8, 4) is 0 Å². The van der Waals surface area contributed by atoms with Crippen LogP contribution in [0, 0.1) is 0 Å². The average molecular weight is 206 g/mol. The summed E-state index contributed by atoms with van der Waals surface area (Å²) in [5.41, 5.74) is 1.59. The van der Waals surface area contributed by atoms with Gasteiger partial charge in [0.15, 0.2) is 0 Å². The van der Waals surface area contributed by atoms with E-state index in [1.54, 1.807) is 4.90 Å². The average Bonchev–Trinajstić information content (AvgIpc) is 2.30. The number of anilines is 1. The summed E-state index contributed by atoms with van der Waals surface area (Å²) in [5, 5.41) is 12.0. The second-order valence-electron chi connectivity index (χ2n) is 3.52. The van der Waals surface area contributed by atoms with E-state index in [-0.39, 0.29) is 12.6 Å². The third-order valence-corrected chi connectivity index (χ3v) is 2.53. The quantitative estimate of drug-likeness (QED) is 0.761. The lowest BCUT2D eigenvalue weighted by Gasteiger charge is -2.28. The molecule has 1 aromatic rings. The van der Waals surface area contributed by atoms with Gasteiger partial charge in [0, 0.05) is 18.7 Å². The van der Waals surface area contributed by atoms with Gasteiger partial charge in [-0.25, -0.2) is 4.79 Å². The topological polar surface area (TPSA) is 52.6 Å². The summed E-state index contributed by atoms with van der Waals surface area (Å²) in [6, 6.07) is 7.34. The lowest BCUT2D eigenvalue weighted by Crippen LogP contribution is -2.46. The van der Waals surface area contributed by atoms with Gasteiger partial charge in [0.05, 0.1) is 12.3 Å². The highest BCUT2D eigenvalue weighted by Gasteiger charge is 2.20. The first-order valence-electron chi connectivity index (χ1n) is 5.07. The third-order valence-electron chi connectivity index (χ3n) is 2.53. The zero-order valence-corrected chi connectivity index (χ0v) is 8.44. The summed E-state index contributed by atoms with van der Waals surface area (Å²) in [6.45, 7) is 1.40. The van der Waals surface area contributed by atoms with Crippen LogP contribution in [-0.2, 0) is 6.61 Å². The summed E-state index contributed by atoms with van der Waals surface area (Å²) in [7, 11) is 0. The molecule has 2 rings (SSSR count). The van der Waals surface area contributed by atoms with Crippen molar-refractivity contribution in [3.05, 3.63) is 29.8 Å². The Bertz CT molecular complexity index is 365. The van der Waals surface area contributed by atoms with Crippen molar-refractivity contribution in [2.24, 2.45) is 0 Å². The van der Waals surface area contributed by atoms with E-state index in [1.807, 2.05) is 24.3 Å². The molecule has 0 saturated carbocycles. The van der Waals surface area contributed by atoms with Crippen LogP contribution in [0.3, 0.4) is 0 Å². The first-order valence-corrected chi connectivity index (χ1v) is 5.07. The Labute approximate surface area is 88.5 Å². The molecule has 2 amide bonds. The Morgan fingerprint density at radius 2 is 2.20 bits per heavy atom. The van der Waals surface area contributed by atoms with E-state index in [9.17, 15) is 9.90 Å². The number of nitrogens with one attached hydrogen (secondary N) is 1. The maximum atomic E-state index is 11.6. The van der Waals surface area contributed by atoms with Gasteiger partial charge in [-0.1, -0.05) is 18.2 Å². The van der Waals surface area contributed by atoms with Crippen LogP contribution in [0.5, 0.6) is 0 Å². The number of amides is 2. The van der Waals surface area contributed by atoms with Crippen molar-refractivity contribution in [3.63, 3.8) is 0 Å². The molecule has 0 atom stereocenters. The Hall–Kier alpha value is -1.55. The minimum Gasteiger partial charge on any atom is -0.392 e. The van der Waals surface area contributed by atoms with Gasteiger partial charge in [-0.2, -0.15) is 0 Å². The van der Waals surface area contributed by atoms with Gasteiger partial charge in [0.1, 0.15) is 0 Å². The zero-order chi connectivity index (χ0) is 10.7. The van der Waals surface area contributed by atoms with E-state index in [0.29, 0.717) is 6.54 Å². The van der Waals surface area contributed by atoms with Crippen molar-refractivity contribution in [1.29, 1.82) is 0 Å². The number of urea groups is 1. The minimum atomic E-state index is -0.0813. The van der Waals surface area contributed by atoms with Gasteiger partial charge in [0.25, 0.3) is 0 Å². The van der Waals surface area contributed by atoms with E-state index in [0.717, 1.165) is 24.2 Å². The molecule has 1 saturated heterocycles. The number of hydrogen-bond donors (Lipinski definition) is 2. The Balaban J connectivity index is 2.30. The normalized spacial score (nSPS) is 16.3. The number of carbonyl (C=O) groups is 1. The largest absolute Gasteiger partial charge is 0.392 e. The van der Waals surface area contributed by atoms with Crippen molar-refractivity contribution >= 4 is 11.7 Å². The van der Waals surface area contributed by atoms with E-state index in [1.165, 1.54) is 0 Å². The molecule has 1 aromatic carbocycles. The first-order chi connectivity index (χ1) is 7.33. The van der Waals surface area contributed by atoms with Crippen molar-refractivity contribution in [2.75, 3.05) is 18.0 Å². The fourth-order valence-electron chi connectivity index (χ4n) is 1.77. The molecule has 0 bridgehead atoms. The van der Waals surface area contributed by atoms with Gasteiger partial charge >= 0.3 is 6.03 Å². The molecule has 1 fully saturated rings. The molecule has 2 N–H and O–H groups in total. The van der Waals surface area contributed by atoms with Crippen LogP contribution in [0.1, 0.15) is 12.0 Å². The highest BCUT2D eigenvalue weighted by Crippen LogP contribution is 2.21. The monoisotopic (exact) mass is 206 g/mol. The van der Waals surface area contributed by atoms with Crippen molar-refractivity contribution < 1.29 is 9.90 Å². The molecule has 1 heterocycles. The lowest BCUT2D eigenvalue weighted by molar-refractivity contribution is 0.242. The summed E-state index contributed by atoms with van der Waals surface area (Å²) in [5.74, 6) is 0. The smallest absolute Gasteiger partial charge is 0.321 e. The summed E-state index contributed by atoms with van der Waals surface area (Å²) < 4.78 is 0. The number of nitrogens with zero attached hydrogens (tertiary/aromatic N) is 1. The number of aliphatic hydroxyl groups is 1. The number of rotatable bonds is 2. The first kappa shape index (κ1) is 9.98. The number of hydrogen-bond acceptors (Lipinski definition) is 2. The van der Waals surface area contributed by atoms with Crippen molar-refractivity contribution in [2.45, 2.75) is 13.0 Å². The Morgan fingerprint density at radius 3 is 2.93 bits per heavy atom. The standard InChI is InChI=1S/C11H14N2O2/c14-8-9-4-1-2-5-10(9)13-7-3-6-12-11(13)15/h1-2,4-5,14H,3,6-8H2,(H,12,15). The maximum Gasteiger partial charge on any atom is 0.321 e. The molecule has 1 aliphatic heterocycles. The van der Waals surface area contributed by atoms with Crippen LogP contribution < -0.4 is 10.2 Å². The second-order valence-corrected chi connectivity index (χ2v) is 3.52. The Morgan fingerprint density at radius 1 is 1.40 bits per heavy atom. The third kappa shape index (κ3) is 1.94. The molecule has 4 nitrogen and oxygen atoms in total. The van der Waals surface area contributed by atoms with E-state index in [2.05, 4.69) is 5.32 Å². The predicted molar refractivity (Wildman–Crippen MR) is 57.7 cm³/mol. The van der Waals surface area contributed by atoms with E-state index >= 15 is 0 Å². The molecular weight excluding hydrogens is 192 g/mol. The number of benzene rings is 1. The molecule has 4 heteroatoms. The highest BCUT2D eigenvalue weighted by molar-refractivity contribution is 5.93. The molecule has 1 aliphatic rings. The number of para-hydroxylation sites is 1. The van der Waals surface area contributed by atoms with Gasteiger partial charge in [-0.15, -0.1) is 0 Å². The lowest BCUT2D eigenvalue weighted by atomic mass is 10.1. The minimum absolute atomic E-state index is 0.0417. The van der Waals surface area contributed by atoms with Crippen LogP contribution in [-0.4, -0.2) is 24.2 Å². The SMILES string of the molecule is O=C1NCCCN1c1ccccc1CO. The van der Waals surface area contributed by atoms with Gasteiger partial charge in [0.2, 0.25) is 0 Å². The molecule has 0 radical (unpaired) electrons. The van der Waals surface area contributed by atoms with Crippen LogP contribution in [0.2, 0.25) is 0 Å². The number of carbonyl (C=O) groups excluding carboxylic acids is 1. The van der Waals surface area contributed by atoms with Gasteiger partial charge in [-0.3, -0.25) is 4.90 Å². The molecule has 0 unspecified atom stereocenters. The summed E-state index contributed by atoms with van der Waals surface area (Å²) in [6.07, 6.45) is 0.936. The maximum absolute atomic E-state index is 11.6. The van der Waals surface area contributed by atoms with E-state index in [4.69, 9.17) is 0 Å². The highest BCUT2D eigenvalue weighted by atomic mass is 16.3. The number of aliphatic hydroxyl groups excluding tert-OH is 1. The molecule has 0 aromatic heterocycles. The van der Waals surface area contributed by atoms with Gasteiger partial charge in [-0.05, 0) is 12.5 Å². The summed E-state index contributed by atoms with van der Waals surface area (Å²) >= 11 is 0. The predicted octanol–water partition coefficient (Wildman–Crippen LogP) is 1.10. The van der Waals surface area contributed by atoms with Crippen LogP contribution >= 0.6 is 0 Å². The fourth-order valence-corrected chi connectivity index (χ4v) is 1.77. The van der Waals surface area contributed by atoms with Crippen LogP contribution in [0.25, 0.3) is 0 Å². The van der Waals surface area contributed by atoms with Crippen molar-refractivity contribution in [1.82, 2.24) is 5.32 Å². The molecule has 0 aliphatic carbocycles. The zero-order valence-electron chi connectivity index (χ0n) is 8.44.